The van der Waals surface area contributed by atoms with Crippen molar-refractivity contribution in [2.24, 2.45) is 5.92 Å². The second kappa shape index (κ2) is 6.70. The molecule has 0 bridgehead atoms. The molecule has 1 aromatic carbocycles. The minimum atomic E-state index is -1.24. The second-order valence-electron chi connectivity index (χ2n) is 6.28. The van der Waals surface area contributed by atoms with Crippen molar-refractivity contribution < 1.29 is 19.5 Å². The molecule has 2 amide bonds. The van der Waals surface area contributed by atoms with Crippen molar-refractivity contribution in [1.82, 2.24) is 10.2 Å². The van der Waals surface area contributed by atoms with Crippen LogP contribution in [0.3, 0.4) is 0 Å². The molecular formula is C17H19IN2O4. The van der Waals surface area contributed by atoms with Crippen molar-refractivity contribution >= 4 is 40.4 Å². The summed E-state index contributed by atoms with van der Waals surface area (Å²) in [6, 6.07) is 8.16. The van der Waals surface area contributed by atoms with Gasteiger partial charge in [-0.15, -0.1) is 0 Å². The first-order chi connectivity index (χ1) is 11.4. The molecule has 0 aromatic heterocycles. The molecule has 2 unspecified atom stereocenters. The predicted octanol–water partition coefficient (Wildman–Crippen LogP) is 2.09. The number of benzene rings is 1. The number of hydrogen-bond acceptors (Lipinski definition) is 3. The molecule has 1 aliphatic carbocycles. The number of likely N-dealkylation sites (tertiary alicyclic amines) is 1. The number of carboxylic acid groups (broad SMARTS) is 1. The van der Waals surface area contributed by atoms with Crippen LogP contribution in [0.15, 0.2) is 30.3 Å². The highest BCUT2D eigenvalue weighted by molar-refractivity contribution is 14.1. The third-order valence-corrected chi connectivity index (χ3v) is 6.11. The summed E-state index contributed by atoms with van der Waals surface area (Å²) in [6.07, 6.45) is 2.74. The lowest BCUT2D eigenvalue weighted by molar-refractivity contribution is -0.150. The normalized spacial score (nSPS) is 24.5. The van der Waals surface area contributed by atoms with Crippen LogP contribution in [-0.2, 0) is 14.4 Å². The van der Waals surface area contributed by atoms with Crippen LogP contribution < -0.4 is 5.32 Å². The average molecular weight is 442 g/mol. The van der Waals surface area contributed by atoms with E-state index >= 15 is 0 Å². The number of nitrogens with zero attached hydrogens (tertiary/aromatic N) is 1. The summed E-state index contributed by atoms with van der Waals surface area (Å²) in [7, 11) is 0. The van der Waals surface area contributed by atoms with E-state index in [9.17, 15) is 19.5 Å². The first-order valence-electron chi connectivity index (χ1n) is 8.02. The van der Waals surface area contributed by atoms with Crippen LogP contribution in [0.4, 0.5) is 0 Å². The number of rotatable bonds is 5. The molecule has 0 spiro atoms. The lowest BCUT2D eigenvalue weighted by Gasteiger charge is -2.33. The summed E-state index contributed by atoms with van der Waals surface area (Å²) in [5.41, 5.74) is 0.674. The molecule has 1 heterocycles. The number of halogens is 1. The highest BCUT2D eigenvalue weighted by Crippen LogP contribution is 2.38. The minimum absolute atomic E-state index is 0.0218. The predicted molar refractivity (Wildman–Crippen MR) is 95.4 cm³/mol. The molecular weight excluding hydrogens is 423 g/mol. The minimum Gasteiger partial charge on any atom is -0.479 e. The fourth-order valence-electron chi connectivity index (χ4n) is 2.99. The Labute approximate surface area is 153 Å². The van der Waals surface area contributed by atoms with Gasteiger partial charge in [-0.2, -0.15) is 0 Å². The lowest BCUT2D eigenvalue weighted by atomic mass is 10.0. The van der Waals surface area contributed by atoms with E-state index in [1.807, 2.05) is 28.7 Å². The fourth-order valence-corrected chi connectivity index (χ4v) is 3.85. The Morgan fingerprint density at radius 1 is 1.25 bits per heavy atom. The summed E-state index contributed by atoms with van der Waals surface area (Å²) in [5.74, 6) is -1.53. The first-order valence-corrected chi connectivity index (χ1v) is 9.10. The Bertz CT molecular complexity index is 662. The standard InChI is InChI=1S/C17H19IN2O4/c18-17(16(23)24)9-4-10-20(17)15(22)13(11-5-2-1-3-6-11)19-14(21)12-7-8-12/h1-3,5-6,12-13H,4,7-10H2,(H,19,21)(H,23,24). The van der Waals surface area contributed by atoms with Gasteiger partial charge in [-0.05, 0) is 53.8 Å². The number of alkyl halides is 1. The maximum absolute atomic E-state index is 13.1. The van der Waals surface area contributed by atoms with E-state index in [0.29, 0.717) is 24.9 Å². The van der Waals surface area contributed by atoms with Crippen LogP contribution in [0, 0.1) is 5.92 Å². The molecule has 2 N–H and O–H groups in total. The molecule has 1 saturated carbocycles. The van der Waals surface area contributed by atoms with Crippen molar-refractivity contribution in [3.05, 3.63) is 35.9 Å². The number of aliphatic carboxylic acids is 1. The summed E-state index contributed by atoms with van der Waals surface area (Å²) >= 11 is 1.84. The van der Waals surface area contributed by atoms with E-state index in [0.717, 1.165) is 12.8 Å². The number of carboxylic acids is 1. The number of carbonyl (C=O) groups is 3. The number of amides is 2. The van der Waals surface area contributed by atoms with Crippen LogP contribution in [-0.4, -0.2) is 37.9 Å². The smallest absolute Gasteiger partial charge is 0.340 e. The van der Waals surface area contributed by atoms with E-state index in [1.54, 1.807) is 24.3 Å². The Kier molecular flexibility index (Phi) is 4.80. The monoisotopic (exact) mass is 442 g/mol. The van der Waals surface area contributed by atoms with Crippen molar-refractivity contribution in [2.75, 3.05) is 6.54 Å². The zero-order valence-corrected chi connectivity index (χ0v) is 15.2. The summed E-state index contributed by atoms with van der Waals surface area (Å²) in [4.78, 5) is 38.3. The molecule has 0 radical (unpaired) electrons. The Morgan fingerprint density at radius 2 is 1.92 bits per heavy atom. The van der Waals surface area contributed by atoms with E-state index in [4.69, 9.17) is 0 Å². The van der Waals surface area contributed by atoms with Crippen molar-refractivity contribution in [3.8, 4) is 0 Å². The number of nitrogens with one attached hydrogen (secondary N) is 1. The molecule has 128 valence electrons. The van der Waals surface area contributed by atoms with Crippen LogP contribution in [0.25, 0.3) is 0 Å². The molecule has 3 rings (SSSR count). The summed E-state index contributed by atoms with van der Waals surface area (Å²) in [5, 5.41) is 12.4. The van der Waals surface area contributed by atoms with Crippen molar-refractivity contribution in [3.63, 3.8) is 0 Å². The molecule has 1 saturated heterocycles. The van der Waals surface area contributed by atoms with Gasteiger partial charge >= 0.3 is 5.97 Å². The Morgan fingerprint density at radius 3 is 2.50 bits per heavy atom. The van der Waals surface area contributed by atoms with Gasteiger partial charge < -0.3 is 15.3 Å². The molecule has 7 heteroatoms. The first kappa shape index (κ1) is 17.2. The largest absolute Gasteiger partial charge is 0.479 e. The molecule has 1 aromatic rings. The van der Waals surface area contributed by atoms with Crippen molar-refractivity contribution in [1.29, 1.82) is 0 Å². The van der Waals surface area contributed by atoms with E-state index in [2.05, 4.69) is 5.32 Å². The number of hydrogen-bond donors (Lipinski definition) is 2. The van der Waals surface area contributed by atoms with Crippen molar-refractivity contribution in [2.45, 2.75) is 35.3 Å². The van der Waals surface area contributed by atoms with Gasteiger partial charge in [-0.3, -0.25) is 9.59 Å². The summed E-state index contributed by atoms with van der Waals surface area (Å²) in [6.45, 7) is 0.386. The van der Waals surface area contributed by atoms with Gasteiger partial charge in [-0.1, -0.05) is 30.3 Å². The second-order valence-corrected chi connectivity index (χ2v) is 8.07. The van der Waals surface area contributed by atoms with Gasteiger partial charge in [0.15, 0.2) is 3.55 Å². The quantitative estimate of drug-likeness (QED) is 0.416. The van der Waals surface area contributed by atoms with Crippen LogP contribution in [0.1, 0.15) is 37.3 Å². The van der Waals surface area contributed by atoms with Crippen LogP contribution in [0.5, 0.6) is 0 Å². The third-order valence-electron chi connectivity index (χ3n) is 4.53. The lowest BCUT2D eigenvalue weighted by Crippen LogP contribution is -2.52. The van der Waals surface area contributed by atoms with Gasteiger partial charge in [0.2, 0.25) is 5.91 Å². The third kappa shape index (κ3) is 3.26. The SMILES string of the molecule is O=C(NC(C(=O)N1CCCC1(I)C(=O)O)c1ccccc1)C1CC1. The molecule has 24 heavy (non-hydrogen) atoms. The van der Waals surface area contributed by atoms with Crippen LogP contribution >= 0.6 is 22.6 Å². The summed E-state index contributed by atoms with van der Waals surface area (Å²) < 4.78 is -1.24. The average Bonchev–Trinajstić information content (AvgIpc) is 3.35. The van der Waals surface area contributed by atoms with E-state index in [-0.39, 0.29) is 17.7 Å². The van der Waals surface area contributed by atoms with E-state index < -0.39 is 15.6 Å². The zero-order valence-electron chi connectivity index (χ0n) is 13.1. The van der Waals surface area contributed by atoms with Gasteiger partial charge in [0.1, 0.15) is 6.04 Å². The number of carbonyl (C=O) groups excluding carboxylic acids is 2. The maximum atomic E-state index is 13.1. The van der Waals surface area contributed by atoms with Gasteiger partial charge in [0.25, 0.3) is 5.91 Å². The molecule has 1 aliphatic heterocycles. The van der Waals surface area contributed by atoms with Crippen LogP contribution in [0.2, 0.25) is 0 Å². The molecule has 2 aliphatic rings. The zero-order chi connectivity index (χ0) is 17.3. The van der Waals surface area contributed by atoms with Gasteiger partial charge in [-0.25, -0.2) is 4.79 Å². The molecule has 6 nitrogen and oxygen atoms in total. The highest BCUT2D eigenvalue weighted by Gasteiger charge is 2.50. The van der Waals surface area contributed by atoms with Gasteiger partial charge in [0.05, 0.1) is 0 Å². The molecule has 2 atom stereocenters. The topological polar surface area (TPSA) is 86.7 Å². The van der Waals surface area contributed by atoms with Gasteiger partial charge in [0, 0.05) is 12.5 Å². The Balaban J connectivity index is 1.88. The maximum Gasteiger partial charge on any atom is 0.340 e. The Hall–Kier alpha value is -1.64. The molecule has 2 fully saturated rings. The highest BCUT2D eigenvalue weighted by atomic mass is 127. The fraction of sp³-hybridized carbons (Fsp3) is 0.471. The van der Waals surface area contributed by atoms with E-state index in [1.165, 1.54) is 4.90 Å².